The van der Waals surface area contributed by atoms with Gasteiger partial charge in [0.05, 0.1) is 0 Å². The van der Waals surface area contributed by atoms with Crippen molar-refractivity contribution in [2.45, 2.75) is 0 Å². The van der Waals surface area contributed by atoms with Gasteiger partial charge in [-0.25, -0.2) is 4.98 Å². The summed E-state index contributed by atoms with van der Waals surface area (Å²) in [7, 11) is 0. The number of para-hydroxylation sites is 1. The lowest BCUT2D eigenvalue weighted by atomic mass is 9.93. The Kier molecular flexibility index (Phi) is 7.50. The van der Waals surface area contributed by atoms with Gasteiger partial charge in [-0.2, -0.15) is 0 Å². The van der Waals surface area contributed by atoms with E-state index in [1.165, 1.54) is 32.7 Å². The van der Waals surface area contributed by atoms with Crippen LogP contribution in [0.3, 0.4) is 0 Å². The van der Waals surface area contributed by atoms with Crippen molar-refractivity contribution in [3.8, 4) is 33.7 Å². The molecular formula is C55H34N2O2. The van der Waals surface area contributed by atoms with Gasteiger partial charge in [0.1, 0.15) is 16.7 Å². The van der Waals surface area contributed by atoms with E-state index >= 15 is 0 Å². The van der Waals surface area contributed by atoms with Crippen LogP contribution in [0.1, 0.15) is 0 Å². The first-order valence-corrected chi connectivity index (χ1v) is 19.9. The van der Waals surface area contributed by atoms with Crippen molar-refractivity contribution in [2.75, 3.05) is 4.90 Å². The molecular weight excluding hydrogens is 721 g/mol. The smallest absolute Gasteiger partial charge is 0.227 e. The van der Waals surface area contributed by atoms with Crippen LogP contribution in [0.5, 0.6) is 0 Å². The second-order valence-electron chi connectivity index (χ2n) is 15.1. The normalized spacial score (nSPS) is 11.7. The maximum Gasteiger partial charge on any atom is 0.227 e. The predicted molar refractivity (Wildman–Crippen MR) is 245 cm³/mol. The summed E-state index contributed by atoms with van der Waals surface area (Å²) in [6.45, 7) is 0. The fraction of sp³-hybridized carbons (Fsp3) is 0. The van der Waals surface area contributed by atoms with Gasteiger partial charge in [-0.05, 0) is 123 Å². The molecule has 0 aliphatic heterocycles. The first-order valence-electron chi connectivity index (χ1n) is 19.9. The first-order chi connectivity index (χ1) is 29.2. The molecule has 0 amide bonds. The van der Waals surface area contributed by atoms with Crippen molar-refractivity contribution in [1.29, 1.82) is 0 Å². The first kappa shape index (κ1) is 33.2. The number of nitrogens with zero attached hydrogens (tertiary/aromatic N) is 2. The minimum Gasteiger partial charge on any atom is -0.456 e. The van der Waals surface area contributed by atoms with Gasteiger partial charge in [0.25, 0.3) is 0 Å². The Morgan fingerprint density at radius 3 is 1.64 bits per heavy atom. The highest BCUT2D eigenvalue weighted by Crippen LogP contribution is 2.42. The van der Waals surface area contributed by atoms with Crippen molar-refractivity contribution in [3.05, 3.63) is 206 Å². The molecule has 12 aromatic rings. The van der Waals surface area contributed by atoms with E-state index in [0.717, 1.165) is 77.6 Å². The molecule has 10 aromatic carbocycles. The molecule has 4 nitrogen and oxygen atoms in total. The Balaban J connectivity index is 0.965. The standard InChI is InChI=1S/C55H34N2O2/c1-4-10-35(11-5-1)36-20-25-44(26-21-36)57(43-14-8-3-9-15-43)45-27-31-51-48(34-45)47-33-41(24-30-50(47)58-51)40-22-28-46-42(32-40)19-18-37-16-17-38-23-29-49-54(53(38)52(37)46)59-55(56-49)39-12-6-2-7-13-39/h1-34H. The number of hydrogen-bond donors (Lipinski definition) is 0. The molecule has 12 rings (SSSR count). The van der Waals surface area contributed by atoms with E-state index in [1.807, 2.05) is 30.3 Å². The van der Waals surface area contributed by atoms with Gasteiger partial charge in [-0.15, -0.1) is 0 Å². The molecule has 0 saturated carbocycles. The summed E-state index contributed by atoms with van der Waals surface area (Å²) in [5, 5.41) is 9.06. The number of rotatable bonds is 6. The summed E-state index contributed by atoms with van der Waals surface area (Å²) in [5.74, 6) is 0.632. The minimum atomic E-state index is 0.632. The number of aromatic nitrogens is 1. The second-order valence-corrected chi connectivity index (χ2v) is 15.1. The zero-order valence-electron chi connectivity index (χ0n) is 31.8. The Hall–Kier alpha value is -7.95. The lowest BCUT2D eigenvalue weighted by molar-refractivity contribution is 0.623. The third-order valence-corrected chi connectivity index (χ3v) is 11.6. The molecule has 0 bridgehead atoms. The van der Waals surface area contributed by atoms with Gasteiger partial charge in [-0.1, -0.05) is 127 Å². The van der Waals surface area contributed by atoms with E-state index in [4.69, 9.17) is 13.8 Å². The largest absolute Gasteiger partial charge is 0.456 e. The molecule has 0 fully saturated rings. The maximum atomic E-state index is 6.56. The van der Waals surface area contributed by atoms with Gasteiger partial charge in [0.2, 0.25) is 5.89 Å². The second kappa shape index (κ2) is 13.3. The summed E-state index contributed by atoms with van der Waals surface area (Å²) in [5.41, 5.74) is 12.3. The van der Waals surface area contributed by atoms with Crippen LogP contribution in [0, 0.1) is 0 Å². The van der Waals surface area contributed by atoms with E-state index in [1.54, 1.807) is 0 Å². The van der Waals surface area contributed by atoms with E-state index in [-0.39, 0.29) is 0 Å². The number of benzene rings is 10. The fourth-order valence-electron chi connectivity index (χ4n) is 8.77. The molecule has 0 saturated heterocycles. The van der Waals surface area contributed by atoms with Crippen LogP contribution in [-0.4, -0.2) is 4.98 Å². The number of furan rings is 1. The van der Waals surface area contributed by atoms with Crippen LogP contribution in [0.2, 0.25) is 0 Å². The number of fused-ring (bicyclic) bond motifs is 10. The van der Waals surface area contributed by atoms with Crippen molar-refractivity contribution in [2.24, 2.45) is 0 Å². The van der Waals surface area contributed by atoms with Crippen LogP contribution < -0.4 is 4.90 Å². The molecule has 0 aliphatic rings. The molecule has 59 heavy (non-hydrogen) atoms. The number of anilines is 3. The van der Waals surface area contributed by atoms with Gasteiger partial charge >= 0.3 is 0 Å². The van der Waals surface area contributed by atoms with Crippen LogP contribution in [-0.2, 0) is 0 Å². The summed E-state index contributed by atoms with van der Waals surface area (Å²) >= 11 is 0. The van der Waals surface area contributed by atoms with Gasteiger partial charge in [0, 0.05) is 44.2 Å². The highest BCUT2D eigenvalue weighted by molar-refractivity contribution is 6.26. The lowest BCUT2D eigenvalue weighted by Crippen LogP contribution is -2.09. The molecule has 0 atom stereocenters. The third kappa shape index (κ3) is 5.57. The Bertz CT molecular complexity index is 3530. The Morgan fingerprint density at radius 2 is 0.881 bits per heavy atom. The lowest BCUT2D eigenvalue weighted by Gasteiger charge is -2.25. The highest BCUT2D eigenvalue weighted by Gasteiger charge is 2.18. The van der Waals surface area contributed by atoms with E-state index in [0.29, 0.717) is 5.89 Å². The Morgan fingerprint density at radius 1 is 0.339 bits per heavy atom. The van der Waals surface area contributed by atoms with E-state index in [2.05, 4.69) is 181 Å². The summed E-state index contributed by atoms with van der Waals surface area (Å²) in [4.78, 5) is 7.21. The van der Waals surface area contributed by atoms with Gasteiger partial charge in [0.15, 0.2) is 5.58 Å². The van der Waals surface area contributed by atoms with Gasteiger partial charge in [-0.3, -0.25) is 0 Å². The molecule has 0 unspecified atom stereocenters. The topological polar surface area (TPSA) is 42.4 Å². The minimum absolute atomic E-state index is 0.632. The average Bonchev–Trinajstić information content (AvgIpc) is 3.91. The highest BCUT2D eigenvalue weighted by atomic mass is 16.3. The summed E-state index contributed by atoms with van der Waals surface area (Å²) in [6, 6.07) is 72.8. The SMILES string of the molecule is c1ccc(-c2ccc(N(c3ccccc3)c3ccc4oc5ccc(-c6ccc7c(ccc8ccc9ccc%10nc(-c%11ccccc%11)oc%10c9c87)c6)cc5c4c3)cc2)cc1. The zero-order valence-corrected chi connectivity index (χ0v) is 31.8. The van der Waals surface area contributed by atoms with E-state index < -0.39 is 0 Å². The van der Waals surface area contributed by atoms with Crippen LogP contribution in [0.15, 0.2) is 215 Å². The van der Waals surface area contributed by atoms with Crippen molar-refractivity contribution in [3.63, 3.8) is 0 Å². The molecule has 2 aromatic heterocycles. The average molecular weight is 755 g/mol. The van der Waals surface area contributed by atoms with Crippen molar-refractivity contribution >= 4 is 82.4 Å². The molecule has 276 valence electrons. The summed E-state index contributed by atoms with van der Waals surface area (Å²) in [6.07, 6.45) is 0. The van der Waals surface area contributed by atoms with Crippen LogP contribution in [0.4, 0.5) is 17.1 Å². The number of oxazole rings is 1. The molecule has 0 spiro atoms. The third-order valence-electron chi connectivity index (χ3n) is 11.6. The quantitative estimate of drug-likeness (QED) is 0.159. The molecule has 0 N–H and O–H groups in total. The van der Waals surface area contributed by atoms with Gasteiger partial charge < -0.3 is 13.7 Å². The monoisotopic (exact) mass is 754 g/mol. The fourth-order valence-corrected chi connectivity index (χ4v) is 8.77. The molecule has 0 aliphatic carbocycles. The molecule has 4 heteroatoms. The number of hydrogen-bond acceptors (Lipinski definition) is 4. The maximum absolute atomic E-state index is 6.56. The van der Waals surface area contributed by atoms with Crippen molar-refractivity contribution in [1.82, 2.24) is 4.98 Å². The molecule has 0 radical (unpaired) electrons. The van der Waals surface area contributed by atoms with Crippen LogP contribution in [0.25, 0.3) is 99.1 Å². The molecule has 2 heterocycles. The van der Waals surface area contributed by atoms with Crippen molar-refractivity contribution < 1.29 is 8.83 Å². The summed E-state index contributed by atoms with van der Waals surface area (Å²) < 4.78 is 13.0. The van der Waals surface area contributed by atoms with Crippen LogP contribution >= 0.6 is 0 Å². The predicted octanol–water partition coefficient (Wildman–Crippen LogP) is 15.7. The zero-order chi connectivity index (χ0) is 38.9. The van der Waals surface area contributed by atoms with E-state index in [9.17, 15) is 0 Å². The Labute approximate surface area is 339 Å².